The first-order valence-electron chi connectivity index (χ1n) is 7.95. The first kappa shape index (κ1) is 18.5. The van der Waals surface area contributed by atoms with Gasteiger partial charge in [0.05, 0.1) is 16.1 Å². The van der Waals surface area contributed by atoms with Crippen molar-refractivity contribution in [3.05, 3.63) is 59.8 Å². The van der Waals surface area contributed by atoms with Gasteiger partial charge in [-0.1, -0.05) is 36.4 Å². The van der Waals surface area contributed by atoms with E-state index in [0.29, 0.717) is 11.2 Å². The lowest BCUT2D eigenvalue weighted by molar-refractivity contribution is 0.101. The second kappa shape index (κ2) is 7.12. The van der Waals surface area contributed by atoms with E-state index in [1.54, 1.807) is 25.1 Å². The number of hydrogen-bond acceptors (Lipinski definition) is 6. The summed E-state index contributed by atoms with van der Waals surface area (Å²) in [4.78, 5) is 31.9. The van der Waals surface area contributed by atoms with E-state index in [-0.39, 0.29) is 16.4 Å². The van der Waals surface area contributed by atoms with Crippen LogP contribution >= 0.6 is 0 Å². The van der Waals surface area contributed by atoms with Crippen LogP contribution in [0.3, 0.4) is 0 Å². The van der Waals surface area contributed by atoms with Crippen molar-refractivity contribution in [1.82, 2.24) is 14.7 Å². The molecule has 0 radical (unpaired) electrons. The summed E-state index contributed by atoms with van der Waals surface area (Å²) in [6.45, 7) is 3.01. The highest BCUT2D eigenvalue weighted by atomic mass is 32.2. The number of aryl methyl sites for hydroxylation is 1. The van der Waals surface area contributed by atoms with Gasteiger partial charge in [0.1, 0.15) is 0 Å². The number of benzene rings is 2. The number of nitrogens with one attached hydrogen (secondary N) is 2. The van der Waals surface area contributed by atoms with Crippen molar-refractivity contribution in [3.8, 4) is 0 Å². The number of urea groups is 1. The van der Waals surface area contributed by atoms with Gasteiger partial charge in [-0.2, -0.15) is 0 Å². The van der Waals surface area contributed by atoms with E-state index in [1.807, 2.05) is 16.9 Å². The molecular weight excluding hydrogens is 368 g/mol. The monoisotopic (exact) mass is 384 g/mol. The van der Waals surface area contributed by atoms with E-state index in [0.717, 1.165) is 5.39 Å². The van der Waals surface area contributed by atoms with Gasteiger partial charge in [0.25, 0.3) is 10.0 Å². The molecule has 3 rings (SSSR count). The van der Waals surface area contributed by atoms with Gasteiger partial charge in [0, 0.05) is 10.9 Å². The van der Waals surface area contributed by atoms with E-state index in [9.17, 15) is 18.0 Å². The molecule has 2 amide bonds. The summed E-state index contributed by atoms with van der Waals surface area (Å²) in [7, 11) is -4.25. The van der Waals surface area contributed by atoms with Gasteiger partial charge < -0.3 is 0 Å². The quantitative estimate of drug-likeness (QED) is 0.668. The standard InChI is InChI=1S/C18H16N4O4S/c1-11-13-7-3-5-9-15(13)20-17(19-11)21-18(24)22-27(25,26)16-10-6-4-8-14(16)12(2)23/h3-10H,1-2H3,(H2,19,20,21,22,24). The molecule has 2 N–H and O–H groups in total. The number of para-hydroxylation sites is 1. The molecule has 0 fully saturated rings. The highest BCUT2D eigenvalue weighted by Crippen LogP contribution is 2.18. The van der Waals surface area contributed by atoms with Crippen molar-refractivity contribution < 1.29 is 18.0 Å². The molecule has 0 atom stereocenters. The zero-order chi connectivity index (χ0) is 19.6. The molecule has 1 aromatic heterocycles. The van der Waals surface area contributed by atoms with Gasteiger partial charge >= 0.3 is 6.03 Å². The van der Waals surface area contributed by atoms with Crippen molar-refractivity contribution in [2.75, 3.05) is 5.32 Å². The number of Topliss-reactive ketones (excluding diaryl/α,β-unsaturated/α-hetero) is 1. The number of anilines is 1. The predicted octanol–water partition coefficient (Wildman–Crippen LogP) is 2.65. The molecule has 0 unspecified atom stereocenters. The number of amides is 2. The van der Waals surface area contributed by atoms with Crippen LogP contribution in [-0.4, -0.2) is 30.2 Å². The minimum atomic E-state index is -4.25. The van der Waals surface area contributed by atoms with E-state index < -0.39 is 21.8 Å². The number of ketones is 1. The number of hydrogen-bond donors (Lipinski definition) is 2. The molecule has 0 bridgehead atoms. The van der Waals surface area contributed by atoms with Crippen LogP contribution in [0.2, 0.25) is 0 Å². The lowest BCUT2D eigenvalue weighted by Crippen LogP contribution is -2.35. The van der Waals surface area contributed by atoms with Crippen LogP contribution in [0.1, 0.15) is 23.0 Å². The Hall–Kier alpha value is -3.33. The maximum Gasteiger partial charge on any atom is 0.335 e. The molecule has 2 aromatic carbocycles. The van der Waals surface area contributed by atoms with Gasteiger partial charge in [-0.25, -0.2) is 27.9 Å². The predicted molar refractivity (Wildman–Crippen MR) is 100 cm³/mol. The van der Waals surface area contributed by atoms with Gasteiger partial charge in [-0.15, -0.1) is 0 Å². The van der Waals surface area contributed by atoms with Crippen molar-refractivity contribution in [1.29, 1.82) is 0 Å². The highest BCUT2D eigenvalue weighted by molar-refractivity contribution is 7.90. The van der Waals surface area contributed by atoms with Gasteiger partial charge in [0.2, 0.25) is 5.95 Å². The summed E-state index contributed by atoms with van der Waals surface area (Å²) in [6, 6.07) is 11.9. The van der Waals surface area contributed by atoms with Crippen LogP contribution in [0.25, 0.3) is 10.9 Å². The van der Waals surface area contributed by atoms with Crippen molar-refractivity contribution in [2.45, 2.75) is 18.7 Å². The maximum absolute atomic E-state index is 12.5. The lowest BCUT2D eigenvalue weighted by Gasteiger charge is -2.11. The summed E-state index contributed by atoms with van der Waals surface area (Å²) in [5, 5.41) is 3.14. The summed E-state index contributed by atoms with van der Waals surface area (Å²) >= 11 is 0. The molecule has 9 heteroatoms. The number of carbonyl (C=O) groups excluding carboxylic acids is 2. The smallest absolute Gasteiger partial charge is 0.294 e. The second-order valence-corrected chi connectivity index (χ2v) is 7.41. The minimum Gasteiger partial charge on any atom is -0.294 e. The highest BCUT2D eigenvalue weighted by Gasteiger charge is 2.23. The summed E-state index contributed by atoms with van der Waals surface area (Å²) in [6.07, 6.45) is 0. The number of aromatic nitrogens is 2. The largest absolute Gasteiger partial charge is 0.335 e. The molecule has 0 saturated heterocycles. The molecule has 8 nitrogen and oxygen atoms in total. The molecule has 138 valence electrons. The summed E-state index contributed by atoms with van der Waals surface area (Å²) in [5.74, 6) is -0.455. The van der Waals surface area contributed by atoms with Gasteiger partial charge in [-0.05, 0) is 26.0 Å². The Bertz CT molecular complexity index is 1160. The average molecular weight is 384 g/mol. The van der Waals surface area contributed by atoms with Crippen LogP contribution in [-0.2, 0) is 10.0 Å². The van der Waals surface area contributed by atoms with E-state index in [4.69, 9.17) is 0 Å². The summed E-state index contributed by atoms with van der Waals surface area (Å²) < 4.78 is 26.8. The van der Waals surface area contributed by atoms with Crippen LogP contribution in [0.4, 0.5) is 10.7 Å². The van der Waals surface area contributed by atoms with Crippen LogP contribution < -0.4 is 10.0 Å². The Morgan fingerprint density at radius 3 is 2.37 bits per heavy atom. The maximum atomic E-state index is 12.5. The van der Waals surface area contributed by atoms with Crippen molar-refractivity contribution in [3.63, 3.8) is 0 Å². The Labute approximate surface area is 155 Å². The zero-order valence-corrected chi connectivity index (χ0v) is 15.4. The van der Waals surface area contributed by atoms with Gasteiger partial charge in [-0.3, -0.25) is 10.1 Å². The summed E-state index contributed by atoms with van der Waals surface area (Å²) in [5.41, 5.74) is 1.25. The molecule has 27 heavy (non-hydrogen) atoms. The van der Waals surface area contributed by atoms with Crippen LogP contribution in [0.5, 0.6) is 0 Å². The molecular formula is C18H16N4O4S. The fourth-order valence-electron chi connectivity index (χ4n) is 2.59. The molecule has 0 spiro atoms. The van der Waals surface area contributed by atoms with E-state index in [1.165, 1.54) is 25.1 Å². The van der Waals surface area contributed by atoms with Gasteiger partial charge in [0.15, 0.2) is 5.78 Å². The Balaban J connectivity index is 1.85. The first-order chi connectivity index (χ1) is 12.8. The third-order valence-electron chi connectivity index (χ3n) is 3.80. The third kappa shape index (κ3) is 3.93. The van der Waals surface area contributed by atoms with Crippen LogP contribution in [0, 0.1) is 6.92 Å². The number of fused-ring (bicyclic) bond motifs is 1. The second-order valence-electron chi connectivity index (χ2n) is 5.76. The fraction of sp³-hybridized carbons (Fsp3) is 0.111. The molecule has 0 saturated carbocycles. The molecule has 1 heterocycles. The molecule has 0 aliphatic carbocycles. The molecule has 0 aliphatic rings. The Morgan fingerprint density at radius 2 is 1.63 bits per heavy atom. The lowest BCUT2D eigenvalue weighted by atomic mass is 10.1. The average Bonchev–Trinajstić information content (AvgIpc) is 2.61. The number of carbonyl (C=O) groups is 2. The minimum absolute atomic E-state index is 0.00407. The first-order valence-corrected chi connectivity index (χ1v) is 9.43. The molecule has 0 aliphatic heterocycles. The Morgan fingerprint density at radius 1 is 0.963 bits per heavy atom. The van der Waals surface area contributed by atoms with Crippen molar-refractivity contribution >= 4 is 38.7 Å². The SMILES string of the molecule is CC(=O)c1ccccc1S(=O)(=O)NC(=O)Nc1nc(C)c2ccccc2n1. The number of sulfonamides is 1. The third-order valence-corrected chi connectivity index (χ3v) is 5.19. The van der Waals surface area contributed by atoms with E-state index >= 15 is 0 Å². The topological polar surface area (TPSA) is 118 Å². The normalized spacial score (nSPS) is 11.2. The van der Waals surface area contributed by atoms with Crippen LogP contribution in [0.15, 0.2) is 53.4 Å². The zero-order valence-electron chi connectivity index (χ0n) is 14.6. The molecule has 3 aromatic rings. The number of nitrogens with zero attached hydrogens (tertiary/aromatic N) is 2. The van der Waals surface area contributed by atoms with Crippen molar-refractivity contribution in [2.24, 2.45) is 0 Å². The fourth-order valence-corrected chi connectivity index (χ4v) is 3.75. The van der Waals surface area contributed by atoms with E-state index in [2.05, 4.69) is 15.3 Å². The Kier molecular flexibility index (Phi) is 4.87. The number of rotatable bonds is 4.